The Morgan fingerprint density at radius 3 is 2.00 bits per heavy atom. The third-order valence-electron chi connectivity index (χ3n) is 1.60. The fourth-order valence-electron chi connectivity index (χ4n) is 0.906. The lowest BCUT2D eigenvalue weighted by Gasteiger charge is -2.06. The number of hydrogen-bond acceptors (Lipinski definition) is 5. The molecular weight excluding hydrogens is 214 g/mol. The fraction of sp³-hybridized carbons (Fsp3) is 0.900. The van der Waals surface area contributed by atoms with Gasteiger partial charge >= 0.3 is 0 Å². The number of carbonyl (C=O) groups is 1. The first-order chi connectivity index (χ1) is 7.77. The van der Waals surface area contributed by atoms with E-state index in [-0.39, 0.29) is 12.5 Å². The quantitative estimate of drug-likeness (QED) is 0.457. The molecule has 0 aromatic rings. The molecule has 1 amide bonds. The van der Waals surface area contributed by atoms with E-state index in [9.17, 15) is 4.79 Å². The van der Waals surface area contributed by atoms with E-state index in [1.165, 1.54) is 6.92 Å². The Hall–Kier alpha value is -0.690. The molecule has 0 aliphatic rings. The van der Waals surface area contributed by atoms with E-state index in [1.807, 2.05) is 0 Å². The van der Waals surface area contributed by atoms with Crippen molar-refractivity contribution in [3.05, 3.63) is 0 Å². The summed E-state index contributed by atoms with van der Waals surface area (Å²) in [6.45, 7) is 4.83. The average molecular weight is 235 g/mol. The molecule has 0 unspecified atom stereocenters. The van der Waals surface area contributed by atoms with Gasteiger partial charge in [-0.3, -0.25) is 4.79 Å². The van der Waals surface area contributed by atoms with Crippen molar-refractivity contribution < 1.29 is 24.1 Å². The zero-order valence-electron chi connectivity index (χ0n) is 9.74. The largest absolute Gasteiger partial charge is 0.394 e. The van der Waals surface area contributed by atoms with Crippen molar-refractivity contribution in [3.63, 3.8) is 0 Å². The molecule has 6 heteroatoms. The summed E-state index contributed by atoms with van der Waals surface area (Å²) in [5.41, 5.74) is 0. The van der Waals surface area contributed by atoms with E-state index in [4.69, 9.17) is 19.3 Å². The molecule has 6 nitrogen and oxygen atoms in total. The van der Waals surface area contributed by atoms with Gasteiger partial charge in [-0.05, 0) is 0 Å². The average Bonchev–Trinajstić information content (AvgIpc) is 2.25. The lowest BCUT2D eigenvalue weighted by atomic mass is 10.6. The summed E-state index contributed by atoms with van der Waals surface area (Å²) in [4.78, 5) is 10.5. The van der Waals surface area contributed by atoms with Crippen LogP contribution in [0.15, 0.2) is 0 Å². The number of nitrogens with one attached hydrogen (secondary N) is 1. The molecule has 16 heavy (non-hydrogen) atoms. The third kappa shape index (κ3) is 13.3. The Labute approximate surface area is 95.9 Å². The summed E-state index contributed by atoms with van der Waals surface area (Å²) in [5, 5.41) is 11.0. The number of aliphatic hydroxyl groups is 1. The van der Waals surface area contributed by atoms with Gasteiger partial charge in [0.2, 0.25) is 5.91 Å². The Balaban J connectivity index is 2.90. The number of ether oxygens (including phenoxy) is 3. The van der Waals surface area contributed by atoms with Crippen LogP contribution in [-0.4, -0.2) is 63.8 Å². The summed E-state index contributed by atoms with van der Waals surface area (Å²) >= 11 is 0. The van der Waals surface area contributed by atoms with Crippen molar-refractivity contribution >= 4 is 5.91 Å². The van der Waals surface area contributed by atoms with Crippen molar-refractivity contribution in [2.75, 3.05) is 52.8 Å². The van der Waals surface area contributed by atoms with Gasteiger partial charge in [-0.1, -0.05) is 0 Å². The van der Waals surface area contributed by atoms with Crippen LogP contribution in [0.2, 0.25) is 0 Å². The maximum atomic E-state index is 10.5. The Kier molecular flexibility index (Phi) is 11.8. The van der Waals surface area contributed by atoms with E-state index in [1.54, 1.807) is 0 Å². The van der Waals surface area contributed by atoms with Crippen molar-refractivity contribution in [1.82, 2.24) is 5.32 Å². The maximum absolute atomic E-state index is 10.5. The highest BCUT2D eigenvalue weighted by molar-refractivity contribution is 5.72. The molecule has 96 valence electrons. The topological polar surface area (TPSA) is 77.0 Å². The number of amides is 1. The summed E-state index contributed by atoms with van der Waals surface area (Å²) in [6.07, 6.45) is 0. The highest BCUT2D eigenvalue weighted by atomic mass is 16.5. The summed E-state index contributed by atoms with van der Waals surface area (Å²) < 4.78 is 15.4. The van der Waals surface area contributed by atoms with Crippen LogP contribution in [0, 0.1) is 0 Å². The second-order valence-electron chi connectivity index (χ2n) is 3.04. The van der Waals surface area contributed by atoms with Gasteiger partial charge in [-0.2, -0.15) is 0 Å². The smallest absolute Gasteiger partial charge is 0.216 e. The molecule has 0 aromatic heterocycles. The van der Waals surface area contributed by atoms with Gasteiger partial charge in [-0.15, -0.1) is 0 Å². The first kappa shape index (κ1) is 15.3. The zero-order valence-corrected chi connectivity index (χ0v) is 9.74. The second kappa shape index (κ2) is 12.4. The summed E-state index contributed by atoms with van der Waals surface area (Å²) in [6, 6.07) is 0. The lowest BCUT2D eigenvalue weighted by molar-refractivity contribution is -0.119. The van der Waals surface area contributed by atoms with Gasteiger partial charge in [-0.25, -0.2) is 0 Å². The molecule has 0 spiro atoms. The normalized spacial score (nSPS) is 10.4. The van der Waals surface area contributed by atoms with Crippen molar-refractivity contribution in [2.24, 2.45) is 0 Å². The van der Waals surface area contributed by atoms with E-state index in [2.05, 4.69) is 5.32 Å². The highest BCUT2D eigenvalue weighted by Gasteiger charge is 1.92. The Morgan fingerprint density at radius 2 is 1.50 bits per heavy atom. The predicted octanol–water partition coefficient (Wildman–Crippen LogP) is -0.835. The number of rotatable bonds is 11. The van der Waals surface area contributed by atoms with Crippen LogP contribution in [0.3, 0.4) is 0 Å². The minimum atomic E-state index is -0.0547. The van der Waals surface area contributed by atoms with Crippen molar-refractivity contribution in [1.29, 1.82) is 0 Å². The highest BCUT2D eigenvalue weighted by Crippen LogP contribution is 1.80. The van der Waals surface area contributed by atoms with Crippen molar-refractivity contribution in [3.8, 4) is 0 Å². The Morgan fingerprint density at radius 1 is 1.00 bits per heavy atom. The molecule has 0 aliphatic heterocycles. The SMILES string of the molecule is CC(=O)NCCOCCOCCOCCO. The molecule has 0 fully saturated rings. The molecule has 0 atom stereocenters. The van der Waals surface area contributed by atoms with Crippen LogP contribution in [0.1, 0.15) is 6.92 Å². The molecule has 0 bridgehead atoms. The van der Waals surface area contributed by atoms with Gasteiger partial charge < -0.3 is 24.6 Å². The first-order valence-electron chi connectivity index (χ1n) is 5.36. The minimum absolute atomic E-state index is 0.0340. The van der Waals surface area contributed by atoms with Crippen LogP contribution in [-0.2, 0) is 19.0 Å². The molecule has 0 radical (unpaired) electrons. The van der Waals surface area contributed by atoms with Crippen LogP contribution in [0.4, 0.5) is 0 Å². The van der Waals surface area contributed by atoms with E-state index in [0.29, 0.717) is 46.2 Å². The van der Waals surface area contributed by atoms with Gasteiger partial charge in [0.1, 0.15) is 0 Å². The standard InChI is InChI=1S/C10H21NO5/c1-10(13)11-2-4-14-6-8-16-9-7-15-5-3-12/h12H,2-9H2,1H3,(H,11,13). The predicted molar refractivity (Wildman–Crippen MR) is 58.2 cm³/mol. The van der Waals surface area contributed by atoms with Crippen LogP contribution in [0.5, 0.6) is 0 Å². The van der Waals surface area contributed by atoms with Crippen LogP contribution in [0.25, 0.3) is 0 Å². The van der Waals surface area contributed by atoms with Crippen LogP contribution < -0.4 is 5.32 Å². The maximum Gasteiger partial charge on any atom is 0.216 e. The van der Waals surface area contributed by atoms with Gasteiger partial charge in [0, 0.05) is 13.5 Å². The van der Waals surface area contributed by atoms with Crippen LogP contribution >= 0.6 is 0 Å². The monoisotopic (exact) mass is 235 g/mol. The van der Waals surface area contributed by atoms with Gasteiger partial charge in [0.15, 0.2) is 0 Å². The van der Waals surface area contributed by atoms with E-state index < -0.39 is 0 Å². The third-order valence-corrected chi connectivity index (χ3v) is 1.60. The molecule has 0 heterocycles. The van der Waals surface area contributed by atoms with Crippen molar-refractivity contribution in [2.45, 2.75) is 6.92 Å². The van der Waals surface area contributed by atoms with Gasteiger partial charge in [0.05, 0.1) is 46.2 Å². The molecule has 0 saturated carbocycles. The number of aliphatic hydroxyl groups excluding tert-OH is 1. The lowest BCUT2D eigenvalue weighted by Crippen LogP contribution is -2.25. The molecule has 0 rings (SSSR count). The molecule has 0 saturated heterocycles. The molecule has 0 aromatic carbocycles. The number of carbonyl (C=O) groups excluding carboxylic acids is 1. The molecule has 2 N–H and O–H groups in total. The Bertz CT molecular complexity index is 165. The van der Waals surface area contributed by atoms with Gasteiger partial charge in [0.25, 0.3) is 0 Å². The first-order valence-corrected chi connectivity index (χ1v) is 5.36. The summed E-state index contributed by atoms with van der Waals surface area (Å²) in [5.74, 6) is -0.0547. The van der Waals surface area contributed by atoms with E-state index in [0.717, 1.165) is 0 Å². The van der Waals surface area contributed by atoms with E-state index >= 15 is 0 Å². The minimum Gasteiger partial charge on any atom is -0.394 e. The fourth-order valence-corrected chi connectivity index (χ4v) is 0.906. The number of hydrogen-bond donors (Lipinski definition) is 2. The second-order valence-corrected chi connectivity index (χ2v) is 3.04. The molecular formula is C10H21NO5. The molecule has 0 aliphatic carbocycles. The zero-order chi connectivity index (χ0) is 12.1. The summed E-state index contributed by atoms with van der Waals surface area (Å²) in [7, 11) is 0.